The lowest BCUT2D eigenvalue weighted by atomic mass is 10.1. The van der Waals surface area contributed by atoms with Crippen LogP contribution in [0, 0.1) is 13.8 Å². The molecule has 2 aromatic carbocycles. The smallest absolute Gasteiger partial charge is 0.262 e. The van der Waals surface area contributed by atoms with Crippen molar-refractivity contribution in [1.82, 2.24) is 15.1 Å². The Morgan fingerprint density at radius 1 is 1.03 bits per heavy atom. The van der Waals surface area contributed by atoms with Crippen LogP contribution in [0.3, 0.4) is 0 Å². The molecule has 0 saturated carbocycles. The van der Waals surface area contributed by atoms with Crippen molar-refractivity contribution in [3.8, 4) is 5.75 Å². The molecule has 0 unspecified atom stereocenters. The second-order valence-electron chi connectivity index (χ2n) is 6.67. The van der Waals surface area contributed by atoms with Gasteiger partial charge in [0.15, 0.2) is 6.61 Å². The van der Waals surface area contributed by atoms with Crippen LogP contribution < -0.4 is 15.4 Å². The Balaban J connectivity index is 1.61. The topological polar surface area (TPSA) is 85.2 Å². The van der Waals surface area contributed by atoms with Crippen molar-refractivity contribution in [2.75, 3.05) is 11.9 Å². The number of rotatable bonds is 7. The number of nitrogens with zero attached hydrogens (tertiary/aromatic N) is 2. The molecule has 1 aromatic heterocycles. The predicted molar refractivity (Wildman–Crippen MR) is 111 cm³/mol. The highest BCUT2D eigenvalue weighted by Gasteiger charge is 2.15. The zero-order valence-corrected chi connectivity index (χ0v) is 16.7. The fraction of sp³-hybridized carbons (Fsp3) is 0.227. The number of carbonyl (C=O) groups is 2. The Labute approximate surface area is 169 Å². The van der Waals surface area contributed by atoms with Crippen LogP contribution in [0.4, 0.5) is 5.69 Å². The largest absolute Gasteiger partial charge is 0.483 e. The zero-order valence-electron chi connectivity index (χ0n) is 16.7. The van der Waals surface area contributed by atoms with E-state index in [4.69, 9.17) is 4.74 Å². The Kier molecular flexibility index (Phi) is 6.29. The van der Waals surface area contributed by atoms with Crippen molar-refractivity contribution in [3.05, 3.63) is 77.1 Å². The molecule has 7 nitrogen and oxygen atoms in total. The van der Waals surface area contributed by atoms with Crippen LogP contribution in [-0.4, -0.2) is 28.2 Å². The molecule has 150 valence electrons. The summed E-state index contributed by atoms with van der Waals surface area (Å²) >= 11 is 0. The minimum Gasteiger partial charge on any atom is -0.483 e. The molecule has 0 aliphatic carbocycles. The quantitative estimate of drug-likeness (QED) is 0.647. The number of para-hydroxylation sites is 1. The van der Waals surface area contributed by atoms with Gasteiger partial charge in [0.25, 0.3) is 11.8 Å². The van der Waals surface area contributed by atoms with Crippen LogP contribution in [0.5, 0.6) is 5.75 Å². The average molecular weight is 392 g/mol. The van der Waals surface area contributed by atoms with E-state index in [1.165, 1.54) is 0 Å². The van der Waals surface area contributed by atoms with E-state index in [0.717, 1.165) is 17.0 Å². The number of benzene rings is 2. The third-order valence-corrected chi connectivity index (χ3v) is 4.56. The molecule has 0 spiro atoms. The summed E-state index contributed by atoms with van der Waals surface area (Å²) in [6.07, 6.45) is 0. The molecule has 0 atom stereocenters. The van der Waals surface area contributed by atoms with E-state index < -0.39 is 0 Å². The van der Waals surface area contributed by atoms with Gasteiger partial charge in [-0.15, -0.1) is 0 Å². The minimum absolute atomic E-state index is 0.212. The number of amides is 2. The van der Waals surface area contributed by atoms with Gasteiger partial charge in [0.2, 0.25) is 0 Å². The lowest BCUT2D eigenvalue weighted by molar-refractivity contribution is -0.118. The molecule has 0 radical (unpaired) electrons. The van der Waals surface area contributed by atoms with Gasteiger partial charge in [-0.2, -0.15) is 5.10 Å². The van der Waals surface area contributed by atoms with Gasteiger partial charge < -0.3 is 15.4 Å². The van der Waals surface area contributed by atoms with Crippen molar-refractivity contribution in [1.29, 1.82) is 0 Å². The number of aromatic nitrogens is 2. The monoisotopic (exact) mass is 392 g/mol. The molecule has 0 aliphatic rings. The average Bonchev–Trinajstić information content (AvgIpc) is 2.97. The van der Waals surface area contributed by atoms with E-state index in [1.54, 1.807) is 28.9 Å². The van der Waals surface area contributed by atoms with E-state index in [9.17, 15) is 9.59 Å². The summed E-state index contributed by atoms with van der Waals surface area (Å²) in [7, 11) is 1.82. The third-order valence-electron chi connectivity index (χ3n) is 4.56. The normalized spacial score (nSPS) is 10.4. The van der Waals surface area contributed by atoms with Gasteiger partial charge in [0, 0.05) is 13.6 Å². The highest BCUT2D eigenvalue weighted by atomic mass is 16.5. The van der Waals surface area contributed by atoms with E-state index in [1.807, 2.05) is 51.2 Å². The van der Waals surface area contributed by atoms with Crippen LogP contribution in [0.1, 0.15) is 27.3 Å². The number of hydrogen-bond donors (Lipinski definition) is 2. The number of ether oxygens (including phenoxy) is 1. The van der Waals surface area contributed by atoms with Crippen molar-refractivity contribution in [3.63, 3.8) is 0 Å². The van der Waals surface area contributed by atoms with Crippen molar-refractivity contribution in [2.45, 2.75) is 20.4 Å². The highest BCUT2D eigenvalue weighted by Crippen LogP contribution is 2.20. The number of hydrogen-bond acceptors (Lipinski definition) is 4. The first-order valence-corrected chi connectivity index (χ1v) is 9.29. The lowest BCUT2D eigenvalue weighted by Crippen LogP contribution is -2.25. The van der Waals surface area contributed by atoms with E-state index in [-0.39, 0.29) is 18.4 Å². The molecular weight excluding hydrogens is 368 g/mol. The fourth-order valence-electron chi connectivity index (χ4n) is 2.93. The SMILES string of the molecule is Cc1nn(C)c(C)c1NC(=O)COc1ccccc1C(=O)NCc1ccccc1. The van der Waals surface area contributed by atoms with Crippen molar-refractivity contribution in [2.24, 2.45) is 7.05 Å². The van der Waals surface area contributed by atoms with Crippen LogP contribution in [-0.2, 0) is 18.4 Å². The molecule has 3 aromatic rings. The summed E-state index contributed by atoms with van der Waals surface area (Å²) in [5, 5.41) is 9.96. The van der Waals surface area contributed by atoms with E-state index in [0.29, 0.717) is 23.5 Å². The summed E-state index contributed by atoms with van der Waals surface area (Å²) in [6.45, 7) is 3.91. The maximum atomic E-state index is 12.6. The molecule has 3 rings (SSSR count). The summed E-state index contributed by atoms with van der Waals surface area (Å²) < 4.78 is 7.34. The molecule has 0 bridgehead atoms. The van der Waals surface area contributed by atoms with Crippen molar-refractivity contribution < 1.29 is 14.3 Å². The standard InChI is InChI=1S/C22H24N4O3/c1-15-21(16(2)26(3)25-15)24-20(27)14-29-19-12-8-7-11-18(19)22(28)23-13-17-9-5-4-6-10-17/h4-12H,13-14H2,1-3H3,(H,23,28)(H,24,27). The number of anilines is 1. The van der Waals surface area contributed by atoms with Crippen molar-refractivity contribution >= 4 is 17.5 Å². The minimum atomic E-state index is -0.316. The summed E-state index contributed by atoms with van der Waals surface area (Å²) in [4.78, 5) is 24.9. The fourth-order valence-corrected chi connectivity index (χ4v) is 2.93. The van der Waals surface area contributed by atoms with E-state index >= 15 is 0 Å². The lowest BCUT2D eigenvalue weighted by Gasteiger charge is -2.12. The molecule has 29 heavy (non-hydrogen) atoms. The third kappa shape index (κ3) is 5.01. The van der Waals surface area contributed by atoms with Gasteiger partial charge in [-0.25, -0.2) is 0 Å². The van der Waals surface area contributed by atoms with Gasteiger partial charge in [-0.3, -0.25) is 14.3 Å². The number of nitrogens with one attached hydrogen (secondary N) is 2. The molecule has 0 fully saturated rings. The first-order chi connectivity index (χ1) is 14.0. The van der Waals surface area contributed by atoms with Crippen LogP contribution in [0.2, 0.25) is 0 Å². The summed E-state index contributed by atoms with van der Waals surface area (Å²) in [6, 6.07) is 16.5. The van der Waals surface area contributed by atoms with Gasteiger partial charge >= 0.3 is 0 Å². The molecule has 7 heteroatoms. The van der Waals surface area contributed by atoms with Crippen LogP contribution in [0.25, 0.3) is 0 Å². The van der Waals surface area contributed by atoms with Crippen LogP contribution >= 0.6 is 0 Å². The second kappa shape index (κ2) is 9.05. The van der Waals surface area contributed by atoms with Gasteiger partial charge in [0.1, 0.15) is 5.75 Å². The first-order valence-electron chi connectivity index (χ1n) is 9.29. The second-order valence-corrected chi connectivity index (χ2v) is 6.67. The molecular formula is C22H24N4O3. The maximum Gasteiger partial charge on any atom is 0.262 e. The number of carbonyl (C=O) groups excluding carboxylic acids is 2. The molecule has 2 N–H and O–H groups in total. The molecule has 0 saturated heterocycles. The highest BCUT2D eigenvalue weighted by molar-refractivity contribution is 5.97. The summed E-state index contributed by atoms with van der Waals surface area (Å²) in [5.41, 5.74) is 3.65. The van der Waals surface area contributed by atoms with Gasteiger partial charge in [0.05, 0.1) is 22.6 Å². The Hall–Kier alpha value is -3.61. The Morgan fingerprint density at radius 2 is 1.72 bits per heavy atom. The molecule has 1 heterocycles. The zero-order chi connectivity index (χ0) is 20.8. The van der Waals surface area contributed by atoms with Gasteiger partial charge in [-0.05, 0) is 31.5 Å². The summed E-state index contributed by atoms with van der Waals surface area (Å²) in [5.74, 6) is -0.222. The van der Waals surface area contributed by atoms with Gasteiger partial charge in [-0.1, -0.05) is 42.5 Å². The molecule has 0 aliphatic heterocycles. The maximum absolute atomic E-state index is 12.6. The van der Waals surface area contributed by atoms with Crippen LogP contribution in [0.15, 0.2) is 54.6 Å². The van der Waals surface area contributed by atoms with E-state index in [2.05, 4.69) is 15.7 Å². The number of aryl methyl sites for hydroxylation is 2. The first kappa shape index (κ1) is 20.1. The predicted octanol–water partition coefficient (Wildman–Crippen LogP) is 2.98. The Morgan fingerprint density at radius 3 is 2.41 bits per heavy atom. The Bertz CT molecular complexity index is 1010. The molecule has 2 amide bonds.